The van der Waals surface area contributed by atoms with Gasteiger partial charge in [0.15, 0.2) is 0 Å². The lowest BCUT2D eigenvalue weighted by molar-refractivity contribution is 0.479. The van der Waals surface area contributed by atoms with Gasteiger partial charge in [0.2, 0.25) is 0 Å². The highest BCUT2D eigenvalue weighted by molar-refractivity contribution is 7.13. The fraction of sp³-hybridized carbons (Fsp3) is 0.312. The van der Waals surface area contributed by atoms with Crippen molar-refractivity contribution in [2.24, 2.45) is 0 Å². The molecule has 3 aromatic heterocycles. The van der Waals surface area contributed by atoms with Crippen LogP contribution in [-0.4, -0.2) is 32.1 Å². The Morgan fingerprint density at radius 3 is 2.86 bits per heavy atom. The van der Waals surface area contributed by atoms with Crippen molar-refractivity contribution in [2.75, 3.05) is 6.54 Å². The maximum absolute atomic E-state index is 4.69. The summed E-state index contributed by atoms with van der Waals surface area (Å²) in [4.78, 5) is 12.8. The van der Waals surface area contributed by atoms with Crippen LogP contribution in [0.3, 0.4) is 0 Å². The predicted octanol–water partition coefficient (Wildman–Crippen LogP) is 2.62. The first-order valence-electron chi connectivity index (χ1n) is 7.35. The molecule has 3 rings (SSSR count). The van der Waals surface area contributed by atoms with E-state index in [1.54, 1.807) is 23.7 Å². The van der Waals surface area contributed by atoms with Crippen LogP contribution in [0.4, 0.5) is 0 Å². The van der Waals surface area contributed by atoms with Crippen molar-refractivity contribution in [2.45, 2.75) is 25.9 Å². The minimum Gasteiger partial charge on any atom is -0.336 e. The molecule has 0 aliphatic rings. The molecule has 0 aromatic carbocycles. The van der Waals surface area contributed by atoms with E-state index in [0.29, 0.717) is 6.04 Å². The number of thiazole rings is 1. The normalized spacial score (nSPS) is 12.4. The van der Waals surface area contributed by atoms with Crippen molar-refractivity contribution in [3.8, 4) is 10.6 Å². The highest BCUT2D eigenvalue weighted by Gasteiger charge is 2.06. The third kappa shape index (κ3) is 3.99. The average Bonchev–Trinajstić information content (AvgIpc) is 3.20. The second-order valence-corrected chi connectivity index (χ2v) is 6.10. The van der Waals surface area contributed by atoms with Crippen LogP contribution in [0, 0.1) is 0 Å². The molecule has 0 spiro atoms. The maximum Gasteiger partial charge on any atom is 0.123 e. The monoisotopic (exact) mass is 313 g/mol. The molecule has 3 aromatic rings. The van der Waals surface area contributed by atoms with E-state index in [1.165, 1.54) is 0 Å². The van der Waals surface area contributed by atoms with Gasteiger partial charge in [0.25, 0.3) is 0 Å². The Bertz CT molecular complexity index is 678. The van der Waals surface area contributed by atoms with Crippen LogP contribution in [0.5, 0.6) is 0 Å². The van der Waals surface area contributed by atoms with Crippen LogP contribution in [0.1, 0.15) is 12.6 Å². The number of aromatic nitrogens is 4. The minimum atomic E-state index is 0.410. The first-order chi connectivity index (χ1) is 10.8. The van der Waals surface area contributed by atoms with Crippen molar-refractivity contribution in [3.63, 3.8) is 0 Å². The van der Waals surface area contributed by atoms with Gasteiger partial charge in [-0.2, -0.15) is 0 Å². The zero-order valence-electron chi connectivity index (χ0n) is 12.5. The van der Waals surface area contributed by atoms with Gasteiger partial charge in [0, 0.05) is 61.3 Å². The second kappa shape index (κ2) is 7.29. The van der Waals surface area contributed by atoms with E-state index in [4.69, 9.17) is 0 Å². The number of rotatable bonds is 7. The Balaban J connectivity index is 1.47. The largest absolute Gasteiger partial charge is 0.336 e. The Morgan fingerprint density at radius 1 is 1.23 bits per heavy atom. The molecule has 0 radical (unpaired) electrons. The molecule has 0 saturated carbocycles. The lowest BCUT2D eigenvalue weighted by Gasteiger charge is -2.13. The van der Waals surface area contributed by atoms with Gasteiger partial charge in [-0.25, -0.2) is 9.97 Å². The first kappa shape index (κ1) is 14.9. The summed E-state index contributed by atoms with van der Waals surface area (Å²) >= 11 is 1.69. The topological polar surface area (TPSA) is 55.6 Å². The van der Waals surface area contributed by atoms with Crippen molar-refractivity contribution in [3.05, 3.63) is 54.3 Å². The van der Waals surface area contributed by atoms with E-state index in [-0.39, 0.29) is 0 Å². The third-order valence-electron chi connectivity index (χ3n) is 3.40. The number of pyridine rings is 1. The van der Waals surface area contributed by atoms with Crippen molar-refractivity contribution >= 4 is 11.3 Å². The summed E-state index contributed by atoms with van der Waals surface area (Å²) in [7, 11) is 0. The van der Waals surface area contributed by atoms with Gasteiger partial charge in [0.1, 0.15) is 5.01 Å². The Kier molecular flexibility index (Phi) is 4.92. The molecule has 0 saturated heterocycles. The van der Waals surface area contributed by atoms with Crippen molar-refractivity contribution in [1.29, 1.82) is 0 Å². The zero-order valence-corrected chi connectivity index (χ0v) is 13.3. The number of imidazole rings is 1. The number of hydrogen-bond donors (Lipinski definition) is 1. The standard InChI is InChI=1S/C16H19N5S/c1-13(10-21-9-8-18-12-21)19-7-4-15-11-22-16(20-15)14-2-5-17-6-3-14/h2-3,5-6,8-9,11-13,19H,4,7,10H2,1H3. The minimum absolute atomic E-state index is 0.410. The average molecular weight is 313 g/mol. The van der Waals surface area contributed by atoms with E-state index in [2.05, 4.69) is 37.1 Å². The molecule has 114 valence electrons. The molecule has 0 aliphatic carbocycles. The molecule has 0 bridgehead atoms. The van der Waals surface area contributed by atoms with Crippen molar-refractivity contribution in [1.82, 2.24) is 24.8 Å². The number of hydrogen-bond acceptors (Lipinski definition) is 5. The number of nitrogens with zero attached hydrogens (tertiary/aromatic N) is 4. The summed E-state index contributed by atoms with van der Waals surface area (Å²) in [6.45, 7) is 4.04. The lowest BCUT2D eigenvalue weighted by Crippen LogP contribution is -2.31. The van der Waals surface area contributed by atoms with E-state index in [9.17, 15) is 0 Å². The summed E-state index contributed by atoms with van der Waals surface area (Å²) in [5, 5.41) is 6.72. The molecular weight excluding hydrogens is 294 g/mol. The molecule has 0 aliphatic heterocycles. The van der Waals surface area contributed by atoms with Crippen molar-refractivity contribution < 1.29 is 0 Å². The van der Waals surface area contributed by atoms with E-state index in [0.717, 1.165) is 35.8 Å². The van der Waals surface area contributed by atoms with Crippen LogP contribution in [0.2, 0.25) is 0 Å². The lowest BCUT2D eigenvalue weighted by atomic mass is 10.2. The summed E-state index contributed by atoms with van der Waals surface area (Å²) in [6.07, 6.45) is 10.2. The van der Waals surface area contributed by atoms with E-state index < -0.39 is 0 Å². The molecule has 3 heterocycles. The zero-order chi connectivity index (χ0) is 15.2. The van der Waals surface area contributed by atoms with E-state index >= 15 is 0 Å². The molecule has 1 N–H and O–H groups in total. The fourth-order valence-corrected chi connectivity index (χ4v) is 3.13. The molecule has 22 heavy (non-hydrogen) atoms. The fourth-order valence-electron chi connectivity index (χ4n) is 2.27. The third-order valence-corrected chi connectivity index (χ3v) is 4.34. The SMILES string of the molecule is CC(Cn1ccnc1)NCCc1csc(-c2ccncc2)n1. The van der Waals surface area contributed by atoms with Gasteiger partial charge in [-0.15, -0.1) is 11.3 Å². The van der Waals surface area contributed by atoms with Gasteiger partial charge in [-0.05, 0) is 19.1 Å². The quantitative estimate of drug-likeness (QED) is 0.728. The summed E-state index contributed by atoms with van der Waals surface area (Å²) in [5.41, 5.74) is 2.27. The summed E-state index contributed by atoms with van der Waals surface area (Å²) in [5.74, 6) is 0. The van der Waals surface area contributed by atoms with Gasteiger partial charge in [-0.3, -0.25) is 4.98 Å². The number of nitrogens with one attached hydrogen (secondary N) is 1. The first-order valence-corrected chi connectivity index (χ1v) is 8.23. The van der Waals surface area contributed by atoms with Crippen LogP contribution in [0.15, 0.2) is 48.6 Å². The van der Waals surface area contributed by atoms with Gasteiger partial charge in [0.05, 0.1) is 12.0 Å². The van der Waals surface area contributed by atoms with Crippen LogP contribution in [0.25, 0.3) is 10.6 Å². The molecule has 0 amide bonds. The predicted molar refractivity (Wildman–Crippen MR) is 88.7 cm³/mol. The summed E-state index contributed by atoms with van der Waals surface area (Å²) < 4.78 is 2.09. The Labute approximate surface area is 134 Å². The molecule has 1 atom stereocenters. The van der Waals surface area contributed by atoms with Crippen LogP contribution < -0.4 is 5.32 Å². The molecule has 6 heteroatoms. The van der Waals surface area contributed by atoms with Gasteiger partial charge in [-0.1, -0.05) is 0 Å². The van der Waals surface area contributed by atoms with Gasteiger partial charge < -0.3 is 9.88 Å². The Morgan fingerprint density at radius 2 is 2.09 bits per heavy atom. The Hall–Kier alpha value is -2.05. The van der Waals surface area contributed by atoms with Crippen LogP contribution >= 0.6 is 11.3 Å². The highest BCUT2D eigenvalue weighted by Crippen LogP contribution is 2.22. The smallest absolute Gasteiger partial charge is 0.123 e. The maximum atomic E-state index is 4.69. The summed E-state index contributed by atoms with van der Waals surface area (Å²) in [6, 6.07) is 4.40. The van der Waals surface area contributed by atoms with Crippen LogP contribution in [-0.2, 0) is 13.0 Å². The second-order valence-electron chi connectivity index (χ2n) is 5.24. The van der Waals surface area contributed by atoms with Gasteiger partial charge >= 0.3 is 0 Å². The highest BCUT2D eigenvalue weighted by atomic mass is 32.1. The molecular formula is C16H19N5S. The molecule has 5 nitrogen and oxygen atoms in total. The van der Waals surface area contributed by atoms with E-state index in [1.807, 2.05) is 30.9 Å². The molecule has 1 unspecified atom stereocenters. The molecule has 0 fully saturated rings.